The van der Waals surface area contributed by atoms with Crippen molar-refractivity contribution in [1.82, 2.24) is 9.97 Å². The van der Waals surface area contributed by atoms with E-state index < -0.39 is 0 Å². The molecular formula is C15H12N3+. The van der Waals surface area contributed by atoms with Crippen LogP contribution in [-0.2, 0) is 0 Å². The first-order valence-electron chi connectivity index (χ1n) is 5.79. The Labute approximate surface area is 105 Å². The molecule has 0 radical (unpaired) electrons. The SMILES string of the molecule is c1ccc(-c2ccnc(-[n+]3ccccc3)n2)cc1. The summed E-state index contributed by atoms with van der Waals surface area (Å²) in [4.78, 5) is 8.85. The van der Waals surface area contributed by atoms with Crippen molar-refractivity contribution in [3.05, 3.63) is 73.2 Å². The summed E-state index contributed by atoms with van der Waals surface area (Å²) in [6.45, 7) is 0. The van der Waals surface area contributed by atoms with E-state index in [0.29, 0.717) is 5.95 Å². The molecule has 0 aliphatic rings. The quantitative estimate of drug-likeness (QED) is 0.637. The zero-order chi connectivity index (χ0) is 12.2. The second-order valence-electron chi connectivity index (χ2n) is 3.89. The fraction of sp³-hybridized carbons (Fsp3) is 0. The van der Waals surface area contributed by atoms with Gasteiger partial charge in [0.1, 0.15) is 6.20 Å². The molecule has 0 fully saturated rings. The van der Waals surface area contributed by atoms with Crippen LogP contribution in [0.4, 0.5) is 0 Å². The average Bonchev–Trinajstić information content (AvgIpc) is 2.49. The number of aromatic nitrogens is 3. The van der Waals surface area contributed by atoms with Crippen LogP contribution >= 0.6 is 0 Å². The average molecular weight is 234 g/mol. The highest BCUT2D eigenvalue weighted by Gasteiger charge is 2.11. The van der Waals surface area contributed by atoms with Crippen LogP contribution in [0, 0.1) is 0 Å². The van der Waals surface area contributed by atoms with Crippen LogP contribution in [-0.4, -0.2) is 9.97 Å². The van der Waals surface area contributed by atoms with Crippen LogP contribution in [0.25, 0.3) is 17.2 Å². The van der Waals surface area contributed by atoms with Gasteiger partial charge < -0.3 is 0 Å². The lowest BCUT2D eigenvalue weighted by atomic mass is 10.1. The van der Waals surface area contributed by atoms with Crippen LogP contribution in [0.3, 0.4) is 0 Å². The maximum atomic E-state index is 4.57. The molecule has 3 heteroatoms. The number of pyridine rings is 1. The molecule has 0 saturated carbocycles. The van der Waals surface area contributed by atoms with E-state index in [1.165, 1.54) is 0 Å². The third-order valence-electron chi connectivity index (χ3n) is 2.66. The van der Waals surface area contributed by atoms with Crippen molar-refractivity contribution < 1.29 is 4.57 Å². The van der Waals surface area contributed by atoms with E-state index in [4.69, 9.17) is 0 Å². The van der Waals surface area contributed by atoms with Gasteiger partial charge in [0.2, 0.25) is 0 Å². The van der Waals surface area contributed by atoms with Crippen molar-refractivity contribution in [2.45, 2.75) is 0 Å². The second-order valence-corrected chi connectivity index (χ2v) is 3.89. The second kappa shape index (κ2) is 4.75. The van der Waals surface area contributed by atoms with E-state index in [0.717, 1.165) is 11.3 Å². The Morgan fingerprint density at radius 2 is 1.50 bits per heavy atom. The van der Waals surface area contributed by atoms with E-state index >= 15 is 0 Å². The van der Waals surface area contributed by atoms with Gasteiger partial charge >= 0.3 is 5.95 Å². The largest absolute Gasteiger partial charge is 0.437 e. The summed E-state index contributed by atoms with van der Waals surface area (Å²) in [6, 6.07) is 17.9. The maximum absolute atomic E-state index is 4.57. The Balaban J connectivity index is 2.05. The molecule has 86 valence electrons. The first-order valence-corrected chi connectivity index (χ1v) is 5.79. The summed E-state index contributed by atoms with van der Waals surface area (Å²) in [5.74, 6) is 0.678. The maximum Gasteiger partial charge on any atom is 0.437 e. The van der Waals surface area contributed by atoms with Crippen molar-refractivity contribution in [3.63, 3.8) is 0 Å². The van der Waals surface area contributed by atoms with Crippen molar-refractivity contribution >= 4 is 0 Å². The predicted octanol–water partition coefficient (Wildman–Crippen LogP) is 2.42. The molecule has 0 bridgehead atoms. The molecule has 0 N–H and O–H groups in total. The fourth-order valence-electron chi connectivity index (χ4n) is 1.77. The van der Waals surface area contributed by atoms with Crippen molar-refractivity contribution in [3.8, 4) is 17.2 Å². The summed E-state index contributed by atoms with van der Waals surface area (Å²) >= 11 is 0. The molecule has 2 aromatic heterocycles. The van der Waals surface area contributed by atoms with Gasteiger partial charge in [0, 0.05) is 11.6 Å². The van der Waals surface area contributed by atoms with Gasteiger partial charge in [0.05, 0.1) is 12.4 Å². The van der Waals surface area contributed by atoms with Crippen molar-refractivity contribution in [1.29, 1.82) is 0 Å². The monoisotopic (exact) mass is 234 g/mol. The molecule has 18 heavy (non-hydrogen) atoms. The normalized spacial score (nSPS) is 10.2. The van der Waals surface area contributed by atoms with Gasteiger partial charge in [-0.2, -0.15) is 0 Å². The van der Waals surface area contributed by atoms with Gasteiger partial charge in [-0.15, -0.1) is 0 Å². The number of nitrogens with zero attached hydrogens (tertiary/aromatic N) is 3. The zero-order valence-corrected chi connectivity index (χ0v) is 9.77. The Morgan fingerprint density at radius 1 is 0.778 bits per heavy atom. The van der Waals surface area contributed by atoms with E-state index in [-0.39, 0.29) is 0 Å². The van der Waals surface area contributed by atoms with E-state index in [2.05, 4.69) is 9.97 Å². The third kappa shape index (κ3) is 2.11. The molecule has 1 aromatic carbocycles. The number of hydrogen-bond acceptors (Lipinski definition) is 2. The van der Waals surface area contributed by atoms with E-state index in [1.54, 1.807) is 6.20 Å². The van der Waals surface area contributed by atoms with Crippen LogP contribution in [0.15, 0.2) is 73.2 Å². The minimum absolute atomic E-state index is 0.678. The molecule has 0 unspecified atom stereocenters. The lowest BCUT2D eigenvalue weighted by molar-refractivity contribution is -0.603. The minimum atomic E-state index is 0.678. The number of rotatable bonds is 2. The molecule has 3 rings (SSSR count). The van der Waals surface area contributed by atoms with Crippen LogP contribution < -0.4 is 4.57 Å². The number of hydrogen-bond donors (Lipinski definition) is 0. The van der Waals surface area contributed by atoms with Gasteiger partial charge in [-0.3, -0.25) is 0 Å². The van der Waals surface area contributed by atoms with Crippen LogP contribution in [0.1, 0.15) is 0 Å². The van der Waals surface area contributed by atoms with Gasteiger partial charge in [-0.25, -0.2) is 4.57 Å². The Hall–Kier alpha value is -2.55. The fourth-order valence-corrected chi connectivity index (χ4v) is 1.77. The first-order chi connectivity index (χ1) is 8.93. The summed E-state index contributed by atoms with van der Waals surface area (Å²) in [5.41, 5.74) is 2.02. The topological polar surface area (TPSA) is 29.7 Å². The zero-order valence-electron chi connectivity index (χ0n) is 9.77. The molecule has 0 aliphatic carbocycles. The van der Waals surface area contributed by atoms with Crippen molar-refractivity contribution in [2.75, 3.05) is 0 Å². The Kier molecular flexibility index (Phi) is 2.80. The summed E-state index contributed by atoms with van der Waals surface area (Å²) in [6.07, 6.45) is 5.65. The summed E-state index contributed by atoms with van der Waals surface area (Å²) < 4.78 is 1.90. The Morgan fingerprint density at radius 3 is 2.28 bits per heavy atom. The molecule has 0 aliphatic heterocycles. The summed E-state index contributed by atoms with van der Waals surface area (Å²) in [5, 5.41) is 0. The third-order valence-corrected chi connectivity index (χ3v) is 2.66. The Bertz CT molecular complexity index is 581. The van der Waals surface area contributed by atoms with Gasteiger partial charge in [-0.1, -0.05) is 46.4 Å². The van der Waals surface area contributed by atoms with E-state index in [1.807, 2.05) is 71.6 Å². The highest BCUT2D eigenvalue weighted by atomic mass is 15.1. The molecule has 3 aromatic rings. The van der Waals surface area contributed by atoms with Gasteiger partial charge in [0.25, 0.3) is 0 Å². The van der Waals surface area contributed by atoms with Crippen LogP contribution in [0.2, 0.25) is 0 Å². The van der Waals surface area contributed by atoms with Gasteiger partial charge in [-0.05, 0) is 12.1 Å². The first kappa shape index (κ1) is 10.6. The molecule has 0 amide bonds. The minimum Gasteiger partial charge on any atom is -0.206 e. The lowest BCUT2D eigenvalue weighted by Crippen LogP contribution is -2.31. The molecule has 0 saturated heterocycles. The number of benzene rings is 1. The van der Waals surface area contributed by atoms with E-state index in [9.17, 15) is 0 Å². The molecule has 0 atom stereocenters. The highest BCUT2D eigenvalue weighted by molar-refractivity contribution is 5.58. The molecule has 3 nitrogen and oxygen atoms in total. The molecule has 2 heterocycles. The highest BCUT2D eigenvalue weighted by Crippen LogP contribution is 2.15. The van der Waals surface area contributed by atoms with Gasteiger partial charge in [0.15, 0.2) is 5.69 Å². The summed E-state index contributed by atoms with van der Waals surface area (Å²) in [7, 11) is 0. The van der Waals surface area contributed by atoms with Crippen LogP contribution in [0.5, 0.6) is 0 Å². The molecule has 0 spiro atoms. The predicted molar refractivity (Wildman–Crippen MR) is 69.0 cm³/mol. The standard InChI is InChI=1S/C15H12N3/c1-3-7-13(8-4-1)14-9-10-16-15(17-14)18-11-5-2-6-12-18/h1-12H/q+1. The van der Waals surface area contributed by atoms with Crippen molar-refractivity contribution in [2.24, 2.45) is 0 Å². The lowest BCUT2D eigenvalue weighted by Gasteiger charge is -1.97. The molecular weight excluding hydrogens is 222 g/mol. The smallest absolute Gasteiger partial charge is 0.206 e.